The number of aliphatic hydroxyl groups excluding tert-OH is 1. The molecule has 0 aliphatic heterocycles. The maximum atomic E-state index is 12.7. The van der Waals surface area contributed by atoms with Gasteiger partial charge in [0.25, 0.3) is 0 Å². The first-order chi connectivity index (χ1) is 19.2. The zero-order valence-corrected chi connectivity index (χ0v) is 23.1. The van der Waals surface area contributed by atoms with Crippen LogP contribution in [0.15, 0.2) is 0 Å². The first-order valence-electron chi connectivity index (χ1n) is 14.1. The van der Waals surface area contributed by atoms with E-state index in [2.05, 4.69) is 16.7 Å². The van der Waals surface area contributed by atoms with Crippen molar-refractivity contribution in [2.24, 2.45) is 35.5 Å². The minimum Gasteiger partial charge on any atom is -0.481 e. The highest BCUT2D eigenvalue weighted by Crippen LogP contribution is 2.36. The van der Waals surface area contributed by atoms with Gasteiger partial charge in [0.2, 0.25) is 11.7 Å². The number of Topliss-reactive ketones (excluding diaryl/α,β-unsaturated/α-hetero) is 1. The number of ether oxygens (including phenoxy) is 1. The zero-order chi connectivity index (χ0) is 29.5. The summed E-state index contributed by atoms with van der Waals surface area (Å²) in [6.07, 6.45) is 6.72. The van der Waals surface area contributed by atoms with Gasteiger partial charge in [0.15, 0.2) is 0 Å². The molecule has 0 aromatic rings. The second-order valence-corrected chi connectivity index (χ2v) is 10.5. The molecule has 0 spiro atoms. The van der Waals surface area contributed by atoms with Crippen LogP contribution < -0.4 is 10.8 Å². The highest BCUT2D eigenvalue weighted by Gasteiger charge is 2.41. The lowest BCUT2D eigenvalue weighted by Gasteiger charge is -2.32. The highest BCUT2D eigenvalue weighted by molar-refractivity contribution is 5.98. The molecule has 2 rings (SSSR count). The van der Waals surface area contributed by atoms with Crippen LogP contribution >= 0.6 is 0 Å². The summed E-state index contributed by atoms with van der Waals surface area (Å²) in [5.41, 5.74) is 2.86. The number of ketones is 1. The maximum absolute atomic E-state index is 12.7. The molecule has 2 fully saturated rings. The van der Waals surface area contributed by atoms with Gasteiger partial charge in [-0.05, 0) is 64.2 Å². The van der Waals surface area contributed by atoms with Gasteiger partial charge in [-0.2, -0.15) is 0 Å². The van der Waals surface area contributed by atoms with E-state index in [0.29, 0.717) is 51.8 Å². The average molecular weight is 567 g/mol. The lowest BCUT2D eigenvalue weighted by molar-refractivity contribution is -0.156. The van der Waals surface area contributed by atoms with Crippen LogP contribution in [0.25, 0.3) is 0 Å². The van der Waals surface area contributed by atoms with Crippen LogP contribution in [0.5, 0.6) is 0 Å². The molecule has 0 bridgehead atoms. The summed E-state index contributed by atoms with van der Waals surface area (Å²) in [5, 5.41) is 30.4. The van der Waals surface area contributed by atoms with E-state index < -0.39 is 41.4 Å². The molecule has 5 N–H and O–H groups in total. The molecule has 0 aromatic heterocycles. The van der Waals surface area contributed by atoms with E-state index in [1.807, 2.05) is 0 Å². The normalized spacial score (nSPS) is 26.1. The number of aliphatic carboxylic acids is 2. The third kappa shape index (κ3) is 10.4. The molecular formula is C28H42N2O10. The van der Waals surface area contributed by atoms with Crippen molar-refractivity contribution in [3.05, 3.63) is 0 Å². The number of hydrogen-bond acceptors (Lipinski definition) is 9. The molecule has 224 valence electrons. The molecule has 6 atom stereocenters. The Balaban J connectivity index is 1.62. The smallest absolute Gasteiger partial charge is 0.308 e. The number of amides is 1. The summed E-state index contributed by atoms with van der Waals surface area (Å²) in [4.78, 5) is 65.4. The average Bonchev–Trinajstić information content (AvgIpc) is 2.93. The molecule has 2 aliphatic carbocycles. The number of nitrogens with one attached hydrogen (secondary N) is 2. The van der Waals surface area contributed by atoms with Crippen LogP contribution in [0.1, 0.15) is 71.1 Å². The Morgan fingerprint density at radius 2 is 1.48 bits per heavy atom. The molecule has 12 heteroatoms. The summed E-state index contributed by atoms with van der Waals surface area (Å²) in [7, 11) is 0. The quantitative estimate of drug-likeness (QED) is 0.0794. The fourth-order valence-electron chi connectivity index (χ4n) is 5.66. The molecule has 40 heavy (non-hydrogen) atoms. The zero-order valence-electron chi connectivity index (χ0n) is 23.1. The first-order valence-corrected chi connectivity index (χ1v) is 14.1. The number of unbranched alkanes of at least 4 members (excludes halogenated alkanes) is 3. The van der Waals surface area contributed by atoms with Crippen LogP contribution in [-0.4, -0.2) is 71.2 Å². The van der Waals surface area contributed by atoms with Gasteiger partial charge in [-0.3, -0.25) is 24.0 Å². The molecule has 0 heterocycles. The fraction of sp³-hybridized carbons (Fsp3) is 0.750. The Bertz CT molecular complexity index is 943. The summed E-state index contributed by atoms with van der Waals surface area (Å²) < 4.78 is 5.09. The van der Waals surface area contributed by atoms with Crippen LogP contribution in [-0.2, 0) is 33.5 Å². The van der Waals surface area contributed by atoms with Crippen molar-refractivity contribution in [2.75, 3.05) is 26.3 Å². The second kappa shape index (κ2) is 17.5. The summed E-state index contributed by atoms with van der Waals surface area (Å²) in [5.74, 6) is -4.40. The van der Waals surface area contributed by atoms with Crippen molar-refractivity contribution in [3.8, 4) is 12.0 Å². The van der Waals surface area contributed by atoms with E-state index in [4.69, 9.17) is 14.7 Å². The van der Waals surface area contributed by atoms with E-state index in [-0.39, 0.29) is 43.2 Å². The number of carbonyl (C=O) groups is 5. The van der Waals surface area contributed by atoms with Gasteiger partial charge < -0.3 is 30.2 Å². The lowest BCUT2D eigenvalue weighted by atomic mass is 9.72. The molecule has 2 saturated carbocycles. The van der Waals surface area contributed by atoms with E-state index in [1.165, 1.54) is 0 Å². The molecule has 1 amide bonds. The minimum absolute atomic E-state index is 0.0968. The third-order valence-electron chi connectivity index (χ3n) is 7.88. The molecule has 0 radical (unpaired) electrons. The van der Waals surface area contributed by atoms with Gasteiger partial charge in [0, 0.05) is 24.9 Å². The van der Waals surface area contributed by atoms with Crippen LogP contribution in [0.4, 0.5) is 0 Å². The van der Waals surface area contributed by atoms with E-state index >= 15 is 0 Å². The third-order valence-corrected chi connectivity index (χ3v) is 7.88. The number of hydrogen-bond donors (Lipinski definition) is 5. The Kier molecular flexibility index (Phi) is 14.5. The Labute approximate surface area is 234 Å². The number of carbonyl (C=O) groups excluding carboxylic acids is 3. The Morgan fingerprint density at radius 3 is 2.12 bits per heavy atom. The SMILES string of the molecule is CCOC(=O)C1CCC(C(=O)O)C(CONCCCCCCNC(=O)C2CC(C(=O)C#CO)CCC2C(=O)O)C1. The lowest BCUT2D eigenvalue weighted by Crippen LogP contribution is -2.43. The molecule has 2 aliphatic rings. The minimum atomic E-state index is -1.06. The largest absolute Gasteiger partial charge is 0.481 e. The molecule has 6 unspecified atom stereocenters. The van der Waals surface area contributed by atoms with Crippen molar-refractivity contribution < 1.29 is 48.9 Å². The van der Waals surface area contributed by atoms with Crippen LogP contribution in [0.3, 0.4) is 0 Å². The highest BCUT2D eigenvalue weighted by atomic mass is 16.6. The van der Waals surface area contributed by atoms with Gasteiger partial charge in [-0.25, -0.2) is 5.48 Å². The fourth-order valence-corrected chi connectivity index (χ4v) is 5.66. The molecule has 12 nitrogen and oxygen atoms in total. The number of rotatable bonds is 16. The van der Waals surface area contributed by atoms with Crippen LogP contribution in [0, 0.1) is 47.5 Å². The van der Waals surface area contributed by atoms with Gasteiger partial charge in [-0.15, -0.1) is 0 Å². The first kappa shape index (κ1) is 33.0. The second-order valence-electron chi connectivity index (χ2n) is 10.5. The van der Waals surface area contributed by atoms with Gasteiger partial charge in [0.1, 0.15) is 6.11 Å². The van der Waals surface area contributed by atoms with Crippen LogP contribution in [0.2, 0.25) is 0 Å². The van der Waals surface area contributed by atoms with Gasteiger partial charge >= 0.3 is 17.9 Å². The van der Waals surface area contributed by atoms with E-state index in [9.17, 15) is 34.2 Å². The van der Waals surface area contributed by atoms with Crippen molar-refractivity contribution in [1.82, 2.24) is 10.8 Å². The number of esters is 1. The summed E-state index contributed by atoms with van der Waals surface area (Å²) in [6.45, 7) is 3.18. The van der Waals surface area contributed by atoms with Gasteiger partial charge in [0.05, 0.1) is 36.9 Å². The Hall–Kier alpha value is -3.17. The predicted molar refractivity (Wildman–Crippen MR) is 141 cm³/mol. The van der Waals surface area contributed by atoms with Gasteiger partial charge in [-0.1, -0.05) is 12.8 Å². The standard InChI is InChI=1S/C28H42N2O10/c1-2-39-28(38)19-8-9-21(26(34)35)20(15-19)17-40-30-13-6-4-3-5-12-29-25(33)23-16-18(24(32)11-14-31)7-10-22(23)27(36)37/h18-23,30-31H,2-10,12-13,15-17H2,1H3,(H,29,33)(H,34,35)(H,36,37). The van der Waals surface area contributed by atoms with Crippen molar-refractivity contribution in [3.63, 3.8) is 0 Å². The predicted octanol–water partition coefficient (Wildman–Crippen LogP) is 1.88. The topological polar surface area (TPSA) is 189 Å². The summed E-state index contributed by atoms with van der Waals surface area (Å²) in [6, 6.07) is 0. The molecule has 0 saturated heterocycles. The number of hydroxylamine groups is 1. The molecular weight excluding hydrogens is 524 g/mol. The van der Waals surface area contributed by atoms with E-state index in [0.717, 1.165) is 19.3 Å². The number of carboxylic acid groups (broad SMARTS) is 2. The van der Waals surface area contributed by atoms with E-state index in [1.54, 1.807) is 13.0 Å². The van der Waals surface area contributed by atoms with Crippen molar-refractivity contribution in [1.29, 1.82) is 0 Å². The van der Waals surface area contributed by atoms with Crippen molar-refractivity contribution >= 4 is 29.6 Å². The monoisotopic (exact) mass is 566 g/mol. The maximum Gasteiger partial charge on any atom is 0.308 e. The number of carboxylic acids is 2. The summed E-state index contributed by atoms with van der Waals surface area (Å²) >= 11 is 0. The van der Waals surface area contributed by atoms with Crippen molar-refractivity contribution in [2.45, 2.75) is 71.1 Å². The Morgan fingerprint density at radius 1 is 0.825 bits per heavy atom. The molecule has 0 aromatic carbocycles. The number of aliphatic hydroxyl groups is 1.